The molecule has 1 aliphatic carbocycles. The van der Waals surface area contributed by atoms with E-state index < -0.39 is 10.8 Å². The van der Waals surface area contributed by atoms with E-state index in [9.17, 15) is 4.21 Å². The summed E-state index contributed by atoms with van der Waals surface area (Å²) >= 11 is 0. The predicted octanol–water partition coefficient (Wildman–Crippen LogP) is 2.31. The van der Waals surface area contributed by atoms with E-state index >= 15 is 0 Å². The third-order valence-electron chi connectivity index (χ3n) is 3.31. The van der Waals surface area contributed by atoms with Gasteiger partial charge in [-0.15, -0.1) is 0 Å². The van der Waals surface area contributed by atoms with Crippen LogP contribution in [0.15, 0.2) is 0 Å². The van der Waals surface area contributed by atoms with Crippen LogP contribution in [0.25, 0.3) is 0 Å². The summed E-state index contributed by atoms with van der Waals surface area (Å²) in [6.07, 6.45) is 6.58. The molecule has 90 valence electrons. The Morgan fingerprint density at radius 1 is 1.33 bits per heavy atom. The quantitative estimate of drug-likeness (QED) is 0.728. The molecule has 0 heterocycles. The van der Waals surface area contributed by atoms with Gasteiger partial charge in [0.2, 0.25) is 0 Å². The Bertz CT molecular complexity index is 190. The molecular weight excluding hydrogens is 206 g/mol. The number of nitrogens with one attached hydrogen (secondary N) is 1. The molecule has 0 aromatic heterocycles. The highest BCUT2D eigenvalue weighted by Gasteiger charge is 2.25. The summed E-state index contributed by atoms with van der Waals surface area (Å²) in [5, 5.41) is 3.58. The van der Waals surface area contributed by atoms with Crippen molar-refractivity contribution in [2.45, 2.75) is 52.0 Å². The van der Waals surface area contributed by atoms with Gasteiger partial charge in [-0.3, -0.25) is 4.21 Å². The van der Waals surface area contributed by atoms with Crippen molar-refractivity contribution in [2.75, 3.05) is 18.1 Å². The first kappa shape index (κ1) is 13.2. The predicted molar refractivity (Wildman–Crippen MR) is 67.6 cm³/mol. The molecule has 1 saturated carbocycles. The van der Waals surface area contributed by atoms with Crippen molar-refractivity contribution in [3.8, 4) is 0 Å². The SMILES string of the molecule is CCCNC(CS(=O)CC)C1CCCC1. The van der Waals surface area contributed by atoms with Crippen molar-refractivity contribution >= 4 is 10.8 Å². The zero-order valence-corrected chi connectivity index (χ0v) is 10.9. The second kappa shape index (κ2) is 7.39. The third-order valence-corrected chi connectivity index (χ3v) is 4.69. The van der Waals surface area contributed by atoms with Crippen LogP contribution in [0.4, 0.5) is 0 Å². The standard InChI is InChI=1S/C12H25NOS/c1-3-9-13-12(10-15(14)4-2)11-7-5-6-8-11/h11-13H,3-10H2,1-2H3. The largest absolute Gasteiger partial charge is 0.313 e. The number of hydrogen-bond acceptors (Lipinski definition) is 2. The lowest BCUT2D eigenvalue weighted by atomic mass is 10.00. The molecule has 1 rings (SSSR count). The van der Waals surface area contributed by atoms with Crippen LogP contribution in [0.2, 0.25) is 0 Å². The van der Waals surface area contributed by atoms with Gasteiger partial charge in [0.1, 0.15) is 0 Å². The molecule has 1 N–H and O–H groups in total. The van der Waals surface area contributed by atoms with E-state index in [0.29, 0.717) is 6.04 Å². The van der Waals surface area contributed by atoms with Crippen LogP contribution in [-0.2, 0) is 10.8 Å². The van der Waals surface area contributed by atoms with Crippen LogP contribution < -0.4 is 5.32 Å². The van der Waals surface area contributed by atoms with E-state index in [1.165, 1.54) is 32.1 Å². The number of hydrogen-bond donors (Lipinski definition) is 1. The topological polar surface area (TPSA) is 29.1 Å². The highest BCUT2D eigenvalue weighted by atomic mass is 32.2. The van der Waals surface area contributed by atoms with Crippen LogP contribution >= 0.6 is 0 Å². The summed E-state index contributed by atoms with van der Waals surface area (Å²) in [4.78, 5) is 0. The molecule has 3 heteroatoms. The van der Waals surface area contributed by atoms with Crippen LogP contribution in [0.1, 0.15) is 46.0 Å². The van der Waals surface area contributed by atoms with Crippen molar-refractivity contribution in [1.82, 2.24) is 5.32 Å². The van der Waals surface area contributed by atoms with Gasteiger partial charge in [0, 0.05) is 28.3 Å². The summed E-state index contributed by atoms with van der Waals surface area (Å²) in [6, 6.07) is 0.508. The zero-order chi connectivity index (χ0) is 11.1. The average Bonchev–Trinajstić information content (AvgIpc) is 2.77. The normalized spacial score (nSPS) is 21.7. The second-order valence-electron chi connectivity index (χ2n) is 4.50. The van der Waals surface area contributed by atoms with Gasteiger partial charge in [0.15, 0.2) is 0 Å². The Balaban J connectivity index is 2.40. The summed E-state index contributed by atoms with van der Waals surface area (Å²) in [6.45, 7) is 5.28. The molecule has 0 aliphatic heterocycles. The van der Waals surface area contributed by atoms with E-state index in [2.05, 4.69) is 12.2 Å². The molecule has 2 nitrogen and oxygen atoms in total. The number of rotatable bonds is 7. The fourth-order valence-corrected chi connectivity index (χ4v) is 3.40. The Morgan fingerprint density at radius 2 is 2.00 bits per heavy atom. The van der Waals surface area contributed by atoms with Crippen molar-refractivity contribution in [1.29, 1.82) is 0 Å². The molecule has 15 heavy (non-hydrogen) atoms. The third kappa shape index (κ3) is 4.64. The molecule has 2 atom stereocenters. The van der Waals surface area contributed by atoms with Gasteiger partial charge in [0.25, 0.3) is 0 Å². The van der Waals surface area contributed by atoms with Gasteiger partial charge in [-0.1, -0.05) is 26.7 Å². The first-order valence-corrected chi connectivity index (χ1v) is 7.85. The molecule has 1 fully saturated rings. The maximum atomic E-state index is 11.6. The lowest BCUT2D eigenvalue weighted by Crippen LogP contribution is -2.40. The Labute approximate surface area is 96.7 Å². The van der Waals surface area contributed by atoms with Gasteiger partial charge < -0.3 is 5.32 Å². The van der Waals surface area contributed by atoms with Gasteiger partial charge in [-0.2, -0.15) is 0 Å². The summed E-state index contributed by atoms with van der Waals surface area (Å²) in [7, 11) is -0.619. The molecule has 0 saturated heterocycles. The van der Waals surface area contributed by atoms with E-state index in [4.69, 9.17) is 0 Å². The van der Waals surface area contributed by atoms with Crippen LogP contribution in [0.5, 0.6) is 0 Å². The molecule has 0 aromatic rings. The van der Waals surface area contributed by atoms with Gasteiger partial charge in [-0.05, 0) is 31.7 Å². The van der Waals surface area contributed by atoms with Gasteiger partial charge in [0.05, 0.1) is 0 Å². The maximum Gasteiger partial charge on any atom is 0.0391 e. The van der Waals surface area contributed by atoms with E-state index in [1.54, 1.807) is 0 Å². The molecule has 0 bridgehead atoms. The molecule has 0 amide bonds. The molecule has 0 radical (unpaired) electrons. The highest BCUT2D eigenvalue weighted by Crippen LogP contribution is 2.28. The molecular formula is C12H25NOS. The second-order valence-corrected chi connectivity index (χ2v) is 6.29. The minimum absolute atomic E-state index is 0.508. The van der Waals surface area contributed by atoms with Crippen LogP contribution in [0.3, 0.4) is 0 Å². The Kier molecular flexibility index (Phi) is 6.50. The molecule has 2 unspecified atom stereocenters. The van der Waals surface area contributed by atoms with Gasteiger partial charge >= 0.3 is 0 Å². The smallest absolute Gasteiger partial charge is 0.0391 e. The lowest BCUT2D eigenvalue weighted by Gasteiger charge is -2.24. The van der Waals surface area contributed by atoms with Crippen molar-refractivity contribution in [2.24, 2.45) is 5.92 Å². The first-order valence-electron chi connectivity index (χ1n) is 6.36. The molecule has 0 spiro atoms. The summed E-state index contributed by atoms with van der Waals surface area (Å²) < 4.78 is 11.6. The van der Waals surface area contributed by atoms with E-state index in [0.717, 1.165) is 24.0 Å². The molecule has 1 aliphatic rings. The van der Waals surface area contributed by atoms with Crippen LogP contribution in [0, 0.1) is 5.92 Å². The highest BCUT2D eigenvalue weighted by molar-refractivity contribution is 7.84. The van der Waals surface area contributed by atoms with Crippen molar-refractivity contribution in [3.05, 3.63) is 0 Å². The minimum Gasteiger partial charge on any atom is -0.313 e. The van der Waals surface area contributed by atoms with Crippen LogP contribution in [-0.4, -0.2) is 28.3 Å². The minimum atomic E-state index is -0.619. The van der Waals surface area contributed by atoms with Crippen molar-refractivity contribution < 1.29 is 4.21 Å². The van der Waals surface area contributed by atoms with Gasteiger partial charge in [-0.25, -0.2) is 0 Å². The zero-order valence-electron chi connectivity index (χ0n) is 10.1. The lowest BCUT2D eigenvalue weighted by molar-refractivity contribution is 0.385. The van der Waals surface area contributed by atoms with E-state index in [1.807, 2.05) is 6.92 Å². The summed E-state index contributed by atoms with van der Waals surface area (Å²) in [5.74, 6) is 2.45. The fraction of sp³-hybridized carbons (Fsp3) is 1.00. The summed E-state index contributed by atoms with van der Waals surface area (Å²) in [5.41, 5.74) is 0. The monoisotopic (exact) mass is 231 g/mol. The van der Waals surface area contributed by atoms with E-state index in [-0.39, 0.29) is 0 Å². The Morgan fingerprint density at radius 3 is 2.53 bits per heavy atom. The van der Waals surface area contributed by atoms with Crippen molar-refractivity contribution in [3.63, 3.8) is 0 Å². The average molecular weight is 231 g/mol. The Hall–Kier alpha value is 0.110. The fourth-order valence-electron chi connectivity index (χ4n) is 2.37. The maximum absolute atomic E-state index is 11.6. The first-order chi connectivity index (χ1) is 7.27. The molecule has 0 aromatic carbocycles.